The SMILES string of the molecule is CCCc1c(-c2ccccc2)nc2n1CCc1ccccc1C2OC1CCN(C)CC1. The number of aryl methyl sites for hydroxylation is 1. The Morgan fingerprint density at radius 1 is 0.968 bits per heavy atom. The summed E-state index contributed by atoms with van der Waals surface area (Å²) in [5, 5.41) is 0. The fourth-order valence-electron chi connectivity index (χ4n) is 5.11. The minimum absolute atomic E-state index is 0.0971. The van der Waals surface area contributed by atoms with Crippen molar-refractivity contribution in [3.8, 4) is 11.3 Å². The number of imidazole rings is 1. The molecule has 0 amide bonds. The molecule has 0 spiro atoms. The summed E-state index contributed by atoms with van der Waals surface area (Å²) >= 11 is 0. The molecule has 0 N–H and O–H groups in total. The van der Waals surface area contributed by atoms with Gasteiger partial charge in [-0.3, -0.25) is 0 Å². The molecule has 4 nitrogen and oxygen atoms in total. The van der Waals surface area contributed by atoms with Gasteiger partial charge < -0.3 is 14.2 Å². The molecule has 4 heteroatoms. The number of nitrogens with zero attached hydrogens (tertiary/aromatic N) is 3. The molecule has 0 saturated carbocycles. The van der Waals surface area contributed by atoms with Crippen molar-refractivity contribution in [1.29, 1.82) is 0 Å². The second-order valence-electron chi connectivity index (χ2n) is 9.00. The highest BCUT2D eigenvalue weighted by atomic mass is 16.5. The van der Waals surface area contributed by atoms with E-state index in [0.717, 1.165) is 63.3 Å². The normalized spacial score (nSPS) is 19.6. The van der Waals surface area contributed by atoms with Gasteiger partial charge in [-0.15, -0.1) is 0 Å². The molecular formula is C27H33N3O. The average Bonchev–Trinajstić information content (AvgIpc) is 3.08. The Morgan fingerprint density at radius 2 is 1.71 bits per heavy atom. The molecule has 1 saturated heterocycles. The second-order valence-corrected chi connectivity index (χ2v) is 9.00. The Morgan fingerprint density at radius 3 is 2.48 bits per heavy atom. The Labute approximate surface area is 185 Å². The zero-order chi connectivity index (χ0) is 21.2. The summed E-state index contributed by atoms with van der Waals surface area (Å²) in [5.41, 5.74) is 6.39. The lowest BCUT2D eigenvalue weighted by molar-refractivity contribution is -0.0276. The third kappa shape index (κ3) is 4.07. The first-order valence-corrected chi connectivity index (χ1v) is 11.8. The van der Waals surface area contributed by atoms with Gasteiger partial charge in [0.05, 0.1) is 11.8 Å². The number of fused-ring (bicyclic) bond motifs is 2. The molecule has 1 unspecified atom stereocenters. The molecule has 5 rings (SSSR count). The van der Waals surface area contributed by atoms with Crippen molar-refractivity contribution < 1.29 is 4.74 Å². The number of hydrogen-bond acceptors (Lipinski definition) is 3. The molecule has 3 heterocycles. The minimum Gasteiger partial charge on any atom is -0.362 e. The summed E-state index contributed by atoms with van der Waals surface area (Å²) in [6, 6.07) is 19.5. The Kier molecular flexibility index (Phi) is 5.93. The predicted octanol–water partition coefficient (Wildman–Crippen LogP) is 5.26. The van der Waals surface area contributed by atoms with Crippen molar-refractivity contribution in [2.45, 2.75) is 57.8 Å². The van der Waals surface area contributed by atoms with Gasteiger partial charge in [0.25, 0.3) is 0 Å². The number of piperidine rings is 1. The Bertz CT molecular complexity index is 1020. The van der Waals surface area contributed by atoms with Gasteiger partial charge >= 0.3 is 0 Å². The molecule has 3 aromatic rings. The topological polar surface area (TPSA) is 30.3 Å². The second kappa shape index (κ2) is 8.97. The van der Waals surface area contributed by atoms with Crippen LogP contribution in [0.3, 0.4) is 0 Å². The number of hydrogen-bond donors (Lipinski definition) is 0. The van der Waals surface area contributed by atoms with Crippen LogP contribution >= 0.6 is 0 Å². The van der Waals surface area contributed by atoms with Crippen LogP contribution in [0.4, 0.5) is 0 Å². The summed E-state index contributed by atoms with van der Waals surface area (Å²) in [6.07, 6.45) is 5.53. The van der Waals surface area contributed by atoms with Crippen LogP contribution in [0.25, 0.3) is 11.3 Å². The van der Waals surface area contributed by atoms with Crippen LogP contribution in [-0.4, -0.2) is 40.7 Å². The van der Waals surface area contributed by atoms with Crippen LogP contribution in [0.1, 0.15) is 54.9 Å². The maximum absolute atomic E-state index is 6.89. The molecule has 162 valence electrons. The van der Waals surface area contributed by atoms with Crippen molar-refractivity contribution in [3.63, 3.8) is 0 Å². The molecule has 2 aliphatic heterocycles. The van der Waals surface area contributed by atoms with Gasteiger partial charge in [0.2, 0.25) is 0 Å². The molecular weight excluding hydrogens is 382 g/mol. The minimum atomic E-state index is -0.0971. The third-order valence-corrected chi connectivity index (χ3v) is 6.81. The molecule has 0 radical (unpaired) electrons. The van der Waals surface area contributed by atoms with Crippen LogP contribution in [0.2, 0.25) is 0 Å². The van der Waals surface area contributed by atoms with Crippen LogP contribution in [0.15, 0.2) is 54.6 Å². The van der Waals surface area contributed by atoms with Crippen LogP contribution in [0.5, 0.6) is 0 Å². The van der Waals surface area contributed by atoms with Gasteiger partial charge in [0.1, 0.15) is 11.9 Å². The first-order valence-electron chi connectivity index (χ1n) is 11.8. The van der Waals surface area contributed by atoms with E-state index in [1.807, 2.05) is 0 Å². The van der Waals surface area contributed by atoms with E-state index in [0.29, 0.717) is 0 Å². The number of ether oxygens (including phenoxy) is 1. The van der Waals surface area contributed by atoms with Crippen molar-refractivity contribution in [1.82, 2.24) is 14.5 Å². The molecule has 2 aliphatic rings. The Hall–Kier alpha value is -2.43. The van der Waals surface area contributed by atoms with Crippen molar-refractivity contribution >= 4 is 0 Å². The first kappa shape index (κ1) is 20.5. The molecule has 0 bridgehead atoms. The van der Waals surface area contributed by atoms with E-state index in [4.69, 9.17) is 9.72 Å². The smallest absolute Gasteiger partial charge is 0.143 e. The van der Waals surface area contributed by atoms with Crippen molar-refractivity contribution in [2.75, 3.05) is 20.1 Å². The first-order chi connectivity index (χ1) is 15.2. The lowest BCUT2D eigenvalue weighted by atomic mass is 9.99. The van der Waals surface area contributed by atoms with Gasteiger partial charge in [0, 0.05) is 30.9 Å². The zero-order valence-corrected chi connectivity index (χ0v) is 18.8. The van der Waals surface area contributed by atoms with E-state index in [1.165, 1.54) is 22.4 Å². The number of aromatic nitrogens is 2. The summed E-state index contributed by atoms with van der Waals surface area (Å²) in [6.45, 7) is 5.43. The van der Waals surface area contributed by atoms with E-state index in [-0.39, 0.29) is 12.2 Å². The van der Waals surface area contributed by atoms with Gasteiger partial charge in [0.15, 0.2) is 0 Å². The molecule has 31 heavy (non-hydrogen) atoms. The quantitative estimate of drug-likeness (QED) is 0.569. The molecule has 2 aromatic carbocycles. The molecule has 1 fully saturated rings. The lowest BCUT2D eigenvalue weighted by Gasteiger charge is -2.32. The van der Waals surface area contributed by atoms with Crippen LogP contribution < -0.4 is 0 Å². The highest BCUT2D eigenvalue weighted by molar-refractivity contribution is 5.63. The Balaban J connectivity index is 1.60. The summed E-state index contributed by atoms with van der Waals surface area (Å²) in [5.74, 6) is 1.09. The summed E-state index contributed by atoms with van der Waals surface area (Å²) in [7, 11) is 2.20. The van der Waals surface area contributed by atoms with Crippen LogP contribution in [-0.2, 0) is 24.1 Å². The van der Waals surface area contributed by atoms with Crippen molar-refractivity contribution in [3.05, 3.63) is 77.2 Å². The van der Waals surface area contributed by atoms with E-state index in [9.17, 15) is 0 Å². The van der Waals surface area contributed by atoms with Gasteiger partial charge in [-0.25, -0.2) is 4.98 Å². The van der Waals surface area contributed by atoms with E-state index in [1.54, 1.807) is 0 Å². The average molecular weight is 416 g/mol. The highest BCUT2D eigenvalue weighted by Crippen LogP contribution is 2.38. The fraction of sp³-hybridized carbons (Fsp3) is 0.444. The third-order valence-electron chi connectivity index (χ3n) is 6.81. The predicted molar refractivity (Wildman–Crippen MR) is 125 cm³/mol. The number of likely N-dealkylation sites (tertiary alicyclic amines) is 1. The standard InChI is InChI=1S/C27H33N3O/c1-3-9-24-25(21-11-5-4-6-12-21)28-27-26(31-22-15-17-29(2)18-16-22)23-13-8-7-10-20(23)14-19-30(24)27/h4-8,10-13,22,26H,3,9,14-19H2,1-2H3. The molecule has 1 aromatic heterocycles. The van der Waals surface area contributed by atoms with E-state index in [2.05, 4.69) is 78.0 Å². The highest BCUT2D eigenvalue weighted by Gasteiger charge is 2.32. The summed E-state index contributed by atoms with van der Waals surface area (Å²) in [4.78, 5) is 7.69. The van der Waals surface area contributed by atoms with Gasteiger partial charge in [-0.1, -0.05) is 67.9 Å². The van der Waals surface area contributed by atoms with E-state index >= 15 is 0 Å². The molecule has 1 atom stereocenters. The lowest BCUT2D eigenvalue weighted by Crippen LogP contribution is -2.35. The fourth-order valence-corrected chi connectivity index (χ4v) is 5.11. The van der Waals surface area contributed by atoms with E-state index < -0.39 is 0 Å². The van der Waals surface area contributed by atoms with Crippen molar-refractivity contribution in [2.24, 2.45) is 0 Å². The maximum Gasteiger partial charge on any atom is 0.143 e. The molecule has 0 aliphatic carbocycles. The van der Waals surface area contributed by atoms with Gasteiger partial charge in [-0.05, 0) is 43.9 Å². The number of rotatable bonds is 5. The zero-order valence-electron chi connectivity index (χ0n) is 18.8. The largest absolute Gasteiger partial charge is 0.362 e. The van der Waals surface area contributed by atoms with Crippen LogP contribution in [0, 0.1) is 0 Å². The monoisotopic (exact) mass is 415 g/mol. The maximum atomic E-state index is 6.89. The van der Waals surface area contributed by atoms with Gasteiger partial charge in [-0.2, -0.15) is 0 Å². The number of benzene rings is 2. The summed E-state index contributed by atoms with van der Waals surface area (Å²) < 4.78 is 9.36.